The van der Waals surface area contributed by atoms with Crippen LogP contribution in [0.25, 0.3) is 0 Å². The van der Waals surface area contributed by atoms with Gasteiger partial charge in [-0.3, -0.25) is 9.69 Å². The molecule has 0 fully saturated rings. The number of hydrogen-bond acceptors (Lipinski definition) is 2. The number of primary amides is 1. The Balaban J connectivity index is 2.40. The average molecular weight is 233 g/mol. The zero-order valence-electron chi connectivity index (χ0n) is 10.4. The lowest BCUT2D eigenvalue weighted by Crippen LogP contribution is -2.35. The molecule has 3 nitrogen and oxygen atoms in total. The van der Waals surface area contributed by atoms with E-state index in [4.69, 9.17) is 5.73 Å². The van der Waals surface area contributed by atoms with Gasteiger partial charge >= 0.3 is 0 Å². The standard InChI is InChI=1S/C14H21N2O/c1-2-3-10-16(12-14(15)17)11-9-13-7-5-4-6-8-13/h4-9H,2-3,10-12H2,1H3,(H2,15,17). The third kappa shape index (κ3) is 6.07. The summed E-state index contributed by atoms with van der Waals surface area (Å²) < 4.78 is 0. The smallest absolute Gasteiger partial charge is 0.231 e. The largest absolute Gasteiger partial charge is 0.369 e. The predicted molar refractivity (Wildman–Crippen MR) is 70.4 cm³/mol. The van der Waals surface area contributed by atoms with Crippen molar-refractivity contribution >= 4 is 5.91 Å². The Morgan fingerprint density at radius 3 is 2.65 bits per heavy atom. The van der Waals surface area contributed by atoms with Crippen molar-refractivity contribution in [1.29, 1.82) is 0 Å². The molecule has 1 aromatic carbocycles. The molecule has 0 aromatic heterocycles. The van der Waals surface area contributed by atoms with E-state index in [1.165, 1.54) is 5.56 Å². The number of unbranched alkanes of at least 4 members (excludes halogenated alkanes) is 1. The summed E-state index contributed by atoms with van der Waals surface area (Å²) >= 11 is 0. The first kappa shape index (κ1) is 13.7. The van der Waals surface area contributed by atoms with E-state index in [-0.39, 0.29) is 5.91 Å². The number of carbonyl (C=O) groups excluding carboxylic acids is 1. The maximum Gasteiger partial charge on any atom is 0.231 e. The van der Waals surface area contributed by atoms with Crippen molar-refractivity contribution in [3.63, 3.8) is 0 Å². The normalized spacial score (nSPS) is 10.7. The van der Waals surface area contributed by atoms with Gasteiger partial charge in [-0.25, -0.2) is 0 Å². The van der Waals surface area contributed by atoms with Crippen LogP contribution >= 0.6 is 0 Å². The van der Waals surface area contributed by atoms with E-state index in [0.29, 0.717) is 6.54 Å². The van der Waals surface area contributed by atoms with Crippen LogP contribution < -0.4 is 5.73 Å². The second-order valence-electron chi connectivity index (χ2n) is 4.17. The number of rotatable bonds is 8. The van der Waals surface area contributed by atoms with Crippen LogP contribution in [-0.2, 0) is 4.79 Å². The highest BCUT2D eigenvalue weighted by Crippen LogP contribution is 2.04. The monoisotopic (exact) mass is 233 g/mol. The molecule has 17 heavy (non-hydrogen) atoms. The van der Waals surface area contributed by atoms with Crippen molar-refractivity contribution in [3.05, 3.63) is 42.3 Å². The van der Waals surface area contributed by atoms with Gasteiger partial charge < -0.3 is 5.73 Å². The van der Waals surface area contributed by atoms with Crippen LogP contribution in [0.2, 0.25) is 0 Å². The van der Waals surface area contributed by atoms with E-state index in [2.05, 4.69) is 30.4 Å². The van der Waals surface area contributed by atoms with Crippen molar-refractivity contribution in [3.8, 4) is 0 Å². The molecule has 0 unspecified atom stereocenters. The van der Waals surface area contributed by atoms with Crippen LogP contribution in [0.5, 0.6) is 0 Å². The number of benzene rings is 1. The van der Waals surface area contributed by atoms with Gasteiger partial charge in [0.15, 0.2) is 0 Å². The molecule has 0 aliphatic heterocycles. The summed E-state index contributed by atoms with van der Waals surface area (Å²) in [5.41, 5.74) is 6.42. The second-order valence-corrected chi connectivity index (χ2v) is 4.17. The molecule has 0 saturated carbocycles. The molecule has 0 aliphatic rings. The van der Waals surface area contributed by atoms with E-state index in [1.54, 1.807) is 0 Å². The molecule has 0 atom stereocenters. The van der Waals surface area contributed by atoms with Crippen LogP contribution in [0, 0.1) is 6.42 Å². The first-order chi connectivity index (χ1) is 8.22. The molecule has 93 valence electrons. The van der Waals surface area contributed by atoms with Crippen molar-refractivity contribution < 1.29 is 4.79 Å². The number of carbonyl (C=O) groups is 1. The van der Waals surface area contributed by atoms with E-state index in [9.17, 15) is 4.79 Å². The molecule has 0 saturated heterocycles. The molecule has 1 radical (unpaired) electrons. The summed E-state index contributed by atoms with van der Waals surface area (Å²) in [4.78, 5) is 13.0. The van der Waals surface area contributed by atoms with Crippen molar-refractivity contribution in [2.24, 2.45) is 5.73 Å². The summed E-state index contributed by atoms with van der Waals surface area (Å²) in [6, 6.07) is 10.1. The first-order valence-electron chi connectivity index (χ1n) is 6.11. The van der Waals surface area contributed by atoms with Gasteiger partial charge in [0, 0.05) is 13.0 Å². The molecule has 0 bridgehead atoms. The molecule has 0 aliphatic carbocycles. The number of amides is 1. The van der Waals surface area contributed by atoms with Gasteiger partial charge in [-0.1, -0.05) is 43.7 Å². The number of nitrogens with zero attached hydrogens (tertiary/aromatic N) is 1. The molecule has 1 rings (SSSR count). The molecule has 2 N–H and O–H groups in total. The highest BCUT2D eigenvalue weighted by Gasteiger charge is 2.07. The minimum atomic E-state index is -0.262. The maximum atomic E-state index is 11.0. The Bertz CT molecular complexity index is 324. The summed E-state index contributed by atoms with van der Waals surface area (Å²) in [6.07, 6.45) is 4.34. The molecule has 3 heteroatoms. The zero-order chi connectivity index (χ0) is 12.5. The van der Waals surface area contributed by atoms with Crippen LogP contribution in [0.3, 0.4) is 0 Å². The second kappa shape index (κ2) is 7.85. The first-order valence-corrected chi connectivity index (χ1v) is 6.11. The van der Waals surface area contributed by atoms with E-state index < -0.39 is 0 Å². The van der Waals surface area contributed by atoms with Gasteiger partial charge in [0.05, 0.1) is 6.54 Å². The molecule has 0 heterocycles. The Morgan fingerprint density at radius 2 is 2.06 bits per heavy atom. The summed E-state index contributed by atoms with van der Waals surface area (Å²) in [7, 11) is 0. The minimum absolute atomic E-state index is 0.262. The number of nitrogens with two attached hydrogens (primary N) is 1. The third-order valence-corrected chi connectivity index (χ3v) is 2.59. The average Bonchev–Trinajstić information content (AvgIpc) is 2.33. The van der Waals surface area contributed by atoms with Gasteiger partial charge in [-0.2, -0.15) is 0 Å². The molecular weight excluding hydrogens is 212 g/mol. The summed E-state index contributed by atoms with van der Waals surface area (Å²) in [5, 5.41) is 0. The molecule has 1 amide bonds. The van der Waals surface area contributed by atoms with E-state index >= 15 is 0 Å². The molecule has 1 aromatic rings. The van der Waals surface area contributed by atoms with Gasteiger partial charge in [0.2, 0.25) is 5.91 Å². The lowest BCUT2D eigenvalue weighted by Gasteiger charge is -2.20. The van der Waals surface area contributed by atoms with Crippen LogP contribution in [0.4, 0.5) is 0 Å². The van der Waals surface area contributed by atoms with Gasteiger partial charge in [0.1, 0.15) is 0 Å². The van der Waals surface area contributed by atoms with Crippen molar-refractivity contribution in [2.75, 3.05) is 19.6 Å². The Labute approximate surface area is 104 Å². The molecular formula is C14H21N2O. The Kier molecular flexibility index (Phi) is 6.33. The van der Waals surface area contributed by atoms with Crippen molar-refractivity contribution in [2.45, 2.75) is 19.8 Å². The zero-order valence-corrected chi connectivity index (χ0v) is 10.4. The summed E-state index contributed by atoms with van der Waals surface area (Å²) in [5.74, 6) is -0.262. The fourth-order valence-corrected chi connectivity index (χ4v) is 1.66. The third-order valence-electron chi connectivity index (χ3n) is 2.59. The van der Waals surface area contributed by atoms with E-state index in [0.717, 1.165) is 25.9 Å². The topological polar surface area (TPSA) is 46.3 Å². The lowest BCUT2D eigenvalue weighted by molar-refractivity contribution is -0.119. The summed E-state index contributed by atoms with van der Waals surface area (Å²) in [6.45, 7) is 4.17. The predicted octanol–water partition coefficient (Wildman–Crippen LogP) is 1.83. The maximum absolute atomic E-state index is 11.0. The quantitative estimate of drug-likeness (QED) is 0.744. The highest BCUT2D eigenvalue weighted by molar-refractivity contribution is 5.75. The Morgan fingerprint density at radius 1 is 1.35 bits per heavy atom. The molecule has 0 spiro atoms. The van der Waals surface area contributed by atoms with E-state index in [1.807, 2.05) is 18.2 Å². The van der Waals surface area contributed by atoms with Gasteiger partial charge in [-0.15, -0.1) is 0 Å². The minimum Gasteiger partial charge on any atom is -0.369 e. The highest BCUT2D eigenvalue weighted by atomic mass is 16.1. The van der Waals surface area contributed by atoms with Gasteiger partial charge in [-0.05, 0) is 18.5 Å². The fourth-order valence-electron chi connectivity index (χ4n) is 1.66. The van der Waals surface area contributed by atoms with Crippen LogP contribution in [-0.4, -0.2) is 30.4 Å². The fraction of sp³-hybridized carbons (Fsp3) is 0.429. The van der Waals surface area contributed by atoms with Gasteiger partial charge in [0.25, 0.3) is 0 Å². The van der Waals surface area contributed by atoms with Crippen molar-refractivity contribution in [1.82, 2.24) is 4.90 Å². The van der Waals surface area contributed by atoms with Crippen LogP contribution in [0.1, 0.15) is 25.3 Å². The lowest BCUT2D eigenvalue weighted by atomic mass is 10.1. The number of hydrogen-bond donors (Lipinski definition) is 1. The SMILES string of the molecule is CCCCN(C[CH]c1ccccc1)CC(N)=O. The Hall–Kier alpha value is -1.35. The van der Waals surface area contributed by atoms with Crippen LogP contribution in [0.15, 0.2) is 30.3 Å².